The number of ether oxygens (including phenoxy) is 1. The van der Waals surface area contributed by atoms with Gasteiger partial charge in [-0.05, 0) is 43.2 Å². The Labute approximate surface area is 140 Å². The van der Waals surface area contributed by atoms with Crippen LogP contribution < -0.4 is 10.1 Å². The van der Waals surface area contributed by atoms with E-state index in [2.05, 4.69) is 10.3 Å². The van der Waals surface area contributed by atoms with Crippen LogP contribution in [0.25, 0.3) is 0 Å². The Morgan fingerprint density at radius 3 is 2.57 bits per heavy atom. The van der Waals surface area contributed by atoms with Gasteiger partial charge in [0, 0.05) is 18.8 Å². The Morgan fingerprint density at radius 2 is 1.96 bits per heavy atom. The van der Waals surface area contributed by atoms with Crippen LogP contribution in [0.5, 0.6) is 5.75 Å². The molecule has 1 aliphatic heterocycles. The lowest BCUT2D eigenvalue weighted by Crippen LogP contribution is -2.28. The van der Waals surface area contributed by atoms with E-state index in [4.69, 9.17) is 16.3 Å². The quantitative estimate of drug-likeness (QED) is 0.927. The molecule has 2 heterocycles. The van der Waals surface area contributed by atoms with Gasteiger partial charge in [-0.15, -0.1) is 0 Å². The minimum atomic E-state index is 0.00143. The molecule has 1 aromatic heterocycles. The van der Waals surface area contributed by atoms with Gasteiger partial charge in [-0.1, -0.05) is 11.6 Å². The number of rotatable bonds is 4. The maximum Gasteiger partial charge on any atom is 0.272 e. The lowest BCUT2D eigenvalue weighted by atomic mass is 10.2. The van der Waals surface area contributed by atoms with Crippen LogP contribution in [0.3, 0.4) is 0 Å². The standard InChI is InChI=1S/C17H18ClN3O2/c1-23-16-7-5-12(10-14(16)18)20-13-4-6-15(19-11-13)17(22)21-8-2-3-9-21/h4-7,10-11,20H,2-3,8-9H2,1H3. The first-order valence-electron chi connectivity index (χ1n) is 7.53. The maximum atomic E-state index is 12.2. The fourth-order valence-electron chi connectivity index (χ4n) is 2.59. The summed E-state index contributed by atoms with van der Waals surface area (Å²) in [7, 11) is 1.58. The van der Waals surface area contributed by atoms with E-state index in [-0.39, 0.29) is 5.91 Å². The summed E-state index contributed by atoms with van der Waals surface area (Å²) in [5.74, 6) is 0.628. The van der Waals surface area contributed by atoms with Crippen molar-refractivity contribution < 1.29 is 9.53 Å². The molecule has 120 valence electrons. The summed E-state index contributed by atoms with van der Waals surface area (Å²) in [6, 6.07) is 9.03. The summed E-state index contributed by atoms with van der Waals surface area (Å²) in [5, 5.41) is 3.74. The highest BCUT2D eigenvalue weighted by Crippen LogP contribution is 2.28. The third-order valence-electron chi connectivity index (χ3n) is 3.82. The largest absolute Gasteiger partial charge is 0.495 e. The second kappa shape index (κ2) is 6.87. The van der Waals surface area contributed by atoms with Crippen LogP contribution in [-0.4, -0.2) is 36.0 Å². The third kappa shape index (κ3) is 3.56. The van der Waals surface area contributed by atoms with Gasteiger partial charge in [0.25, 0.3) is 5.91 Å². The number of carbonyl (C=O) groups excluding carboxylic acids is 1. The van der Waals surface area contributed by atoms with E-state index in [0.29, 0.717) is 16.5 Å². The van der Waals surface area contributed by atoms with E-state index in [1.807, 2.05) is 17.0 Å². The number of amides is 1. The molecule has 1 amide bonds. The minimum Gasteiger partial charge on any atom is -0.495 e. The van der Waals surface area contributed by atoms with Gasteiger partial charge < -0.3 is 15.0 Å². The SMILES string of the molecule is COc1ccc(Nc2ccc(C(=O)N3CCCC3)nc2)cc1Cl. The zero-order valence-electron chi connectivity index (χ0n) is 12.9. The van der Waals surface area contributed by atoms with E-state index in [0.717, 1.165) is 37.3 Å². The Morgan fingerprint density at radius 1 is 1.22 bits per heavy atom. The first kappa shape index (κ1) is 15.6. The second-order valence-corrected chi connectivity index (χ2v) is 5.81. The molecule has 0 aliphatic carbocycles. The van der Waals surface area contributed by atoms with Crippen molar-refractivity contribution in [3.05, 3.63) is 47.2 Å². The lowest BCUT2D eigenvalue weighted by molar-refractivity contribution is 0.0787. The van der Waals surface area contributed by atoms with E-state index >= 15 is 0 Å². The topological polar surface area (TPSA) is 54.5 Å². The number of hydrogen-bond donors (Lipinski definition) is 1. The van der Waals surface area contributed by atoms with Gasteiger partial charge in [0.1, 0.15) is 11.4 Å². The minimum absolute atomic E-state index is 0.00143. The van der Waals surface area contributed by atoms with Crippen LogP contribution in [-0.2, 0) is 0 Å². The molecule has 0 saturated carbocycles. The molecule has 0 unspecified atom stereocenters. The van der Waals surface area contributed by atoms with Gasteiger partial charge in [-0.3, -0.25) is 4.79 Å². The monoisotopic (exact) mass is 331 g/mol. The molecule has 0 atom stereocenters. The molecule has 3 rings (SSSR count). The van der Waals surface area contributed by atoms with Crippen molar-refractivity contribution in [2.75, 3.05) is 25.5 Å². The smallest absolute Gasteiger partial charge is 0.272 e. The zero-order chi connectivity index (χ0) is 16.2. The number of likely N-dealkylation sites (tertiary alicyclic amines) is 1. The van der Waals surface area contributed by atoms with Gasteiger partial charge in [-0.25, -0.2) is 4.98 Å². The highest BCUT2D eigenvalue weighted by molar-refractivity contribution is 6.32. The van der Waals surface area contributed by atoms with Gasteiger partial charge in [0.2, 0.25) is 0 Å². The number of aromatic nitrogens is 1. The number of carbonyl (C=O) groups is 1. The molecule has 1 fully saturated rings. The van der Waals surface area contributed by atoms with Crippen LogP contribution in [0, 0.1) is 0 Å². The highest BCUT2D eigenvalue weighted by atomic mass is 35.5. The summed E-state index contributed by atoms with van der Waals surface area (Å²) in [6.07, 6.45) is 3.80. The molecule has 5 nitrogen and oxygen atoms in total. The predicted octanol–water partition coefficient (Wildman–Crippen LogP) is 3.72. The molecule has 23 heavy (non-hydrogen) atoms. The number of halogens is 1. The van der Waals surface area contributed by atoms with Crippen LogP contribution >= 0.6 is 11.6 Å². The summed E-state index contributed by atoms with van der Waals surface area (Å²) in [4.78, 5) is 18.4. The molecule has 1 saturated heterocycles. The molecule has 0 radical (unpaired) electrons. The molecule has 0 bridgehead atoms. The van der Waals surface area contributed by atoms with Crippen molar-refractivity contribution in [3.8, 4) is 5.75 Å². The highest BCUT2D eigenvalue weighted by Gasteiger charge is 2.20. The average Bonchev–Trinajstić information content (AvgIpc) is 3.09. The predicted molar refractivity (Wildman–Crippen MR) is 90.7 cm³/mol. The average molecular weight is 332 g/mol. The number of pyridine rings is 1. The first-order chi connectivity index (χ1) is 11.2. The molecule has 0 spiro atoms. The Kier molecular flexibility index (Phi) is 4.67. The molecule has 1 aromatic carbocycles. The Bertz CT molecular complexity index is 697. The Hall–Kier alpha value is -2.27. The van der Waals surface area contributed by atoms with Crippen molar-refractivity contribution in [2.24, 2.45) is 0 Å². The number of benzene rings is 1. The second-order valence-electron chi connectivity index (χ2n) is 5.41. The third-order valence-corrected chi connectivity index (χ3v) is 4.11. The number of nitrogens with one attached hydrogen (secondary N) is 1. The van der Waals surface area contributed by atoms with Crippen molar-refractivity contribution in [3.63, 3.8) is 0 Å². The van der Waals surface area contributed by atoms with Crippen LogP contribution in [0.1, 0.15) is 23.3 Å². The van der Waals surface area contributed by atoms with Crippen molar-refractivity contribution >= 4 is 28.9 Å². The van der Waals surface area contributed by atoms with E-state index in [1.165, 1.54) is 0 Å². The maximum absolute atomic E-state index is 12.2. The summed E-state index contributed by atoms with van der Waals surface area (Å²) in [5.41, 5.74) is 2.10. The van der Waals surface area contributed by atoms with E-state index in [1.54, 1.807) is 31.5 Å². The number of hydrogen-bond acceptors (Lipinski definition) is 4. The summed E-state index contributed by atoms with van der Waals surface area (Å²) < 4.78 is 5.13. The number of methoxy groups -OCH3 is 1. The first-order valence-corrected chi connectivity index (χ1v) is 7.91. The van der Waals surface area contributed by atoms with Crippen LogP contribution in [0.2, 0.25) is 5.02 Å². The van der Waals surface area contributed by atoms with E-state index in [9.17, 15) is 4.79 Å². The number of anilines is 2. The van der Waals surface area contributed by atoms with Crippen LogP contribution in [0.15, 0.2) is 36.5 Å². The van der Waals surface area contributed by atoms with E-state index < -0.39 is 0 Å². The van der Waals surface area contributed by atoms with Gasteiger partial charge in [0.15, 0.2) is 0 Å². The van der Waals surface area contributed by atoms with Crippen molar-refractivity contribution in [1.82, 2.24) is 9.88 Å². The molecule has 6 heteroatoms. The fourth-order valence-corrected chi connectivity index (χ4v) is 2.85. The fraction of sp³-hybridized carbons (Fsp3) is 0.294. The lowest BCUT2D eigenvalue weighted by Gasteiger charge is -2.14. The molecule has 2 aromatic rings. The number of nitrogens with zero attached hydrogens (tertiary/aromatic N) is 2. The summed E-state index contributed by atoms with van der Waals surface area (Å²) in [6.45, 7) is 1.65. The van der Waals surface area contributed by atoms with Gasteiger partial charge in [-0.2, -0.15) is 0 Å². The molecule has 1 N–H and O–H groups in total. The van der Waals surface area contributed by atoms with Crippen LogP contribution in [0.4, 0.5) is 11.4 Å². The Balaban J connectivity index is 1.69. The molecular formula is C17H18ClN3O2. The van der Waals surface area contributed by atoms with Crippen molar-refractivity contribution in [2.45, 2.75) is 12.8 Å². The normalized spacial score (nSPS) is 13.9. The zero-order valence-corrected chi connectivity index (χ0v) is 13.6. The summed E-state index contributed by atoms with van der Waals surface area (Å²) >= 11 is 6.10. The van der Waals surface area contributed by atoms with Gasteiger partial charge >= 0.3 is 0 Å². The molecular weight excluding hydrogens is 314 g/mol. The molecule has 1 aliphatic rings. The van der Waals surface area contributed by atoms with Gasteiger partial charge in [0.05, 0.1) is 24.0 Å². The van der Waals surface area contributed by atoms with Crippen molar-refractivity contribution in [1.29, 1.82) is 0 Å².